The third-order valence-corrected chi connectivity index (χ3v) is 6.68. The van der Waals surface area contributed by atoms with E-state index in [0.717, 1.165) is 24.3 Å². The average molecular weight is 579 g/mol. The highest BCUT2D eigenvalue weighted by Crippen LogP contribution is 2.38. The van der Waals surface area contributed by atoms with Crippen LogP contribution in [0.25, 0.3) is 0 Å². The summed E-state index contributed by atoms with van der Waals surface area (Å²) in [5.74, 6) is -2.56. The maximum absolute atomic E-state index is 15.0. The summed E-state index contributed by atoms with van der Waals surface area (Å²) in [5, 5.41) is 12.3. The fourth-order valence-electron chi connectivity index (χ4n) is 4.69. The average Bonchev–Trinajstić information content (AvgIpc) is 2.93. The molecule has 4 nitrogen and oxygen atoms in total. The second-order valence-corrected chi connectivity index (χ2v) is 10.5. The van der Waals surface area contributed by atoms with Gasteiger partial charge in [0.05, 0.1) is 11.1 Å². The Bertz CT molecular complexity index is 1620. The summed E-state index contributed by atoms with van der Waals surface area (Å²) in [6.07, 6.45) is -4.68. The largest absolute Gasteiger partial charge is 0.470 e. The van der Waals surface area contributed by atoms with Gasteiger partial charge in [0.1, 0.15) is 11.9 Å². The van der Waals surface area contributed by atoms with E-state index < -0.39 is 40.4 Å². The quantitative estimate of drug-likeness (QED) is 0.216. The molecule has 42 heavy (non-hydrogen) atoms. The second-order valence-electron chi connectivity index (χ2n) is 10.5. The first-order valence-electron chi connectivity index (χ1n) is 12.9. The van der Waals surface area contributed by atoms with Crippen LogP contribution in [0.2, 0.25) is 0 Å². The molecule has 0 fully saturated rings. The predicted octanol–water partition coefficient (Wildman–Crippen LogP) is 7.89. The zero-order valence-corrected chi connectivity index (χ0v) is 23.0. The van der Waals surface area contributed by atoms with Crippen LogP contribution in [-0.2, 0) is 18.1 Å². The lowest BCUT2D eigenvalue weighted by molar-refractivity contribution is -0.137. The van der Waals surface area contributed by atoms with E-state index in [1.54, 1.807) is 43.3 Å². The topological polar surface area (TPSA) is 62.1 Å². The van der Waals surface area contributed by atoms with Gasteiger partial charge in [-0.25, -0.2) is 8.78 Å². The molecule has 0 spiro atoms. The number of nitrogens with zero attached hydrogens (tertiary/aromatic N) is 1. The Labute approximate surface area is 240 Å². The second kappa shape index (κ2) is 11.6. The summed E-state index contributed by atoms with van der Waals surface area (Å²) >= 11 is 0. The van der Waals surface area contributed by atoms with Gasteiger partial charge in [-0.05, 0) is 85.5 Å². The van der Waals surface area contributed by atoms with Crippen molar-refractivity contribution in [2.75, 3.05) is 0 Å². The SMILES string of the molecule is Cc1cc(F)cc([C@](Cc2ccccc2)(NC(=O)c2cccc(C(F)(F)F)c2)c2ccc(F)c(OC(C)(C)C#N)c2)c1. The third-order valence-electron chi connectivity index (χ3n) is 6.68. The van der Waals surface area contributed by atoms with Gasteiger partial charge in [-0.3, -0.25) is 4.79 Å². The molecule has 1 atom stereocenters. The molecular formula is C33H27F5N2O2. The summed E-state index contributed by atoms with van der Waals surface area (Å²) in [6.45, 7) is 4.55. The number of carbonyl (C=O) groups excluding carboxylic acids is 1. The van der Waals surface area contributed by atoms with E-state index >= 15 is 0 Å². The lowest BCUT2D eigenvalue weighted by Crippen LogP contribution is -2.49. The van der Waals surface area contributed by atoms with E-state index in [4.69, 9.17) is 4.74 Å². The lowest BCUT2D eigenvalue weighted by atomic mass is 9.77. The van der Waals surface area contributed by atoms with E-state index in [1.807, 2.05) is 6.07 Å². The molecule has 4 rings (SSSR count). The Hall–Kier alpha value is -4.71. The highest BCUT2D eigenvalue weighted by Gasteiger charge is 2.39. The number of nitrogens with one attached hydrogen (secondary N) is 1. The van der Waals surface area contributed by atoms with Gasteiger partial charge in [0, 0.05) is 12.0 Å². The van der Waals surface area contributed by atoms with E-state index in [0.29, 0.717) is 11.1 Å². The van der Waals surface area contributed by atoms with Crippen molar-refractivity contribution in [2.45, 2.75) is 44.5 Å². The van der Waals surface area contributed by atoms with Crippen LogP contribution in [0.3, 0.4) is 0 Å². The summed E-state index contributed by atoms with van der Waals surface area (Å²) in [6, 6.07) is 22.7. The molecule has 9 heteroatoms. The van der Waals surface area contributed by atoms with Crippen LogP contribution in [0.1, 0.15) is 52.0 Å². The number of halogens is 5. The summed E-state index contributed by atoms with van der Waals surface area (Å²) < 4.78 is 76.0. The van der Waals surface area contributed by atoms with Gasteiger partial charge in [-0.15, -0.1) is 0 Å². The number of carbonyl (C=O) groups is 1. The maximum Gasteiger partial charge on any atom is 0.416 e. The predicted molar refractivity (Wildman–Crippen MR) is 148 cm³/mol. The molecular weight excluding hydrogens is 551 g/mol. The maximum atomic E-state index is 15.0. The molecule has 216 valence electrons. The van der Waals surface area contributed by atoms with Crippen molar-refractivity contribution in [3.8, 4) is 11.8 Å². The minimum Gasteiger partial charge on any atom is -0.470 e. The normalized spacial score (nSPS) is 13.1. The highest BCUT2D eigenvalue weighted by molar-refractivity contribution is 5.95. The Morgan fingerprint density at radius 3 is 2.21 bits per heavy atom. The molecule has 0 aliphatic carbocycles. The van der Waals surface area contributed by atoms with E-state index in [-0.39, 0.29) is 28.9 Å². The highest BCUT2D eigenvalue weighted by atomic mass is 19.4. The van der Waals surface area contributed by atoms with Crippen LogP contribution in [0.15, 0.2) is 91.0 Å². The van der Waals surface area contributed by atoms with E-state index in [2.05, 4.69) is 5.32 Å². The summed E-state index contributed by atoms with van der Waals surface area (Å²) in [7, 11) is 0. The zero-order valence-electron chi connectivity index (χ0n) is 23.0. The van der Waals surface area contributed by atoms with Crippen molar-refractivity contribution in [3.63, 3.8) is 0 Å². The smallest absolute Gasteiger partial charge is 0.416 e. The molecule has 1 N–H and O–H groups in total. The number of amides is 1. The van der Waals surface area contributed by atoms with Crippen molar-refractivity contribution in [3.05, 3.63) is 136 Å². The molecule has 0 aromatic heterocycles. The molecule has 0 aliphatic heterocycles. The zero-order chi connectivity index (χ0) is 30.7. The monoisotopic (exact) mass is 578 g/mol. The van der Waals surface area contributed by atoms with Crippen molar-refractivity contribution in [1.82, 2.24) is 5.32 Å². The minimum atomic E-state index is -4.69. The van der Waals surface area contributed by atoms with Crippen molar-refractivity contribution >= 4 is 5.91 Å². The van der Waals surface area contributed by atoms with Crippen LogP contribution in [-0.4, -0.2) is 11.5 Å². The fourth-order valence-corrected chi connectivity index (χ4v) is 4.69. The molecule has 0 unspecified atom stereocenters. The first kappa shape index (κ1) is 30.3. The number of hydrogen-bond acceptors (Lipinski definition) is 3. The fraction of sp³-hybridized carbons (Fsp3) is 0.212. The Morgan fingerprint density at radius 1 is 0.857 bits per heavy atom. The number of nitriles is 1. The minimum absolute atomic E-state index is 0.00809. The first-order chi connectivity index (χ1) is 19.7. The molecule has 0 saturated carbocycles. The van der Waals surface area contributed by atoms with E-state index in [1.165, 1.54) is 44.2 Å². The number of rotatable bonds is 8. The van der Waals surface area contributed by atoms with Crippen LogP contribution >= 0.6 is 0 Å². The molecule has 0 bridgehead atoms. The Balaban J connectivity index is 1.98. The number of hydrogen-bond donors (Lipinski definition) is 1. The third kappa shape index (κ3) is 6.77. The molecule has 0 heterocycles. The van der Waals surface area contributed by atoms with Crippen LogP contribution < -0.4 is 10.1 Å². The van der Waals surface area contributed by atoms with E-state index in [9.17, 15) is 32.0 Å². The number of ether oxygens (including phenoxy) is 1. The van der Waals surface area contributed by atoms with Crippen molar-refractivity contribution in [2.24, 2.45) is 0 Å². The van der Waals surface area contributed by atoms with Gasteiger partial charge in [-0.1, -0.05) is 48.5 Å². The van der Waals surface area contributed by atoms with Crippen molar-refractivity contribution in [1.29, 1.82) is 5.26 Å². The van der Waals surface area contributed by atoms with Gasteiger partial charge in [0.2, 0.25) is 0 Å². The Morgan fingerprint density at radius 2 is 1.57 bits per heavy atom. The van der Waals surface area contributed by atoms with Gasteiger partial charge in [0.15, 0.2) is 17.2 Å². The first-order valence-corrected chi connectivity index (χ1v) is 12.9. The van der Waals surface area contributed by atoms with Crippen LogP contribution in [0.4, 0.5) is 22.0 Å². The lowest BCUT2D eigenvalue weighted by Gasteiger charge is -2.37. The Kier molecular flexibility index (Phi) is 8.39. The van der Waals surface area contributed by atoms with Crippen molar-refractivity contribution < 1.29 is 31.5 Å². The standard InChI is InChI=1S/C33H27F5N2O2/c1-21-14-26(17-27(34)15-21)32(19-22-8-5-4-6-9-22,24-12-13-28(35)29(18-24)42-31(2,3)20-39)40-30(41)23-10-7-11-25(16-23)33(36,37)38/h4-18H,19H2,1-3H3,(H,40,41)/t32-/m1/s1. The van der Waals surface area contributed by atoms with Gasteiger partial charge < -0.3 is 10.1 Å². The molecule has 0 saturated heterocycles. The number of aryl methyl sites for hydroxylation is 1. The number of alkyl halides is 3. The number of benzene rings is 4. The van der Waals surface area contributed by atoms with Gasteiger partial charge >= 0.3 is 6.18 Å². The van der Waals surface area contributed by atoms with Gasteiger partial charge in [0.25, 0.3) is 5.91 Å². The summed E-state index contributed by atoms with van der Waals surface area (Å²) in [4.78, 5) is 13.8. The van der Waals surface area contributed by atoms with Gasteiger partial charge in [-0.2, -0.15) is 18.4 Å². The molecule has 0 aliphatic rings. The summed E-state index contributed by atoms with van der Waals surface area (Å²) in [5.41, 5.74) is -2.61. The van der Waals surface area contributed by atoms with Crippen LogP contribution in [0.5, 0.6) is 5.75 Å². The molecule has 4 aromatic carbocycles. The molecule has 0 radical (unpaired) electrons. The van der Waals surface area contributed by atoms with Crippen LogP contribution in [0, 0.1) is 29.9 Å². The molecule has 1 amide bonds. The molecule has 4 aromatic rings.